The summed E-state index contributed by atoms with van der Waals surface area (Å²) in [7, 11) is 0. The Balaban J connectivity index is 1.49. The number of nitrogens with zero attached hydrogens (tertiary/aromatic N) is 3. The first-order valence-corrected chi connectivity index (χ1v) is 12.0. The first-order chi connectivity index (χ1) is 18.1. The highest BCUT2D eigenvalue weighted by Gasteiger charge is 2.20. The van der Waals surface area contributed by atoms with E-state index in [0.717, 1.165) is 22.6 Å². The lowest BCUT2D eigenvalue weighted by atomic mass is 10.1. The van der Waals surface area contributed by atoms with Crippen molar-refractivity contribution in [3.63, 3.8) is 0 Å². The van der Waals surface area contributed by atoms with Crippen molar-refractivity contribution in [2.24, 2.45) is 0 Å². The van der Waals surface area contributed by atoms with E-state index in [-0.39, 0.29) is 6.61 Å². The lowest BCUT2D eigenvalue weighted by Crippen LogP contribution is -2.08. The standard InChI is InChI=1S/C31H25N3O3/c1-3-36-31(35)28-20-25(17-14-23-10-6-4-7-11-23)32-30-29(28)22(2)33-34(30)21-24-15-18-27(19-16-24)37-26-12-8-5-9-13-26/h4-13,15-16,18-20H,3,21H2,1-2H3. The van der Waals surface area contributed by atoms with Gasteiger partial charge in [0.2, 0.25) is 0 Å². The van der Waals surface area contributed by atoms with E-state index in [4.69, 9.17) is 19.6 Å². The highest BCUT2D eigenvalue weighted by molar-refractivity contribution is 6.04. The average Bonchev–Trinajstić information content (AvgIpc) is 3.24. The largest absolute Gasteiger partial charge is 0.462 e. The quantitative estimate of drug-likeness (QED) is 0.212. The van der Waals surface area contributed by atoms with E-state index in [9.17, 15) is 4.79 Å². The van der Waals surface area contributed by atoms with E-state index in [1.54, 1.807) is 17.7 Å². The maximum absolute atomic E-state index is 12.8. The van der Waals surface area contributed by atoms with Gasteiger partial charge in [0, 0.05) is 5.56 Å². The minimum Gasteiger partial charge on any atom is -0.462 e. The third kappa shape index (κ3) is 5.52. The maximum atomic E-state index is 12.8. The van der Waals surface area contributed by atoms with E-state index in [1.165, 1.54) is 0 Å². The van der Waals surface area contributed by atoms with E-state index >= 15 is 0 Å². The Morgan fingerprint density at radius 2 is 1.57 bits per heavy atom. The molecule has 0 aliphatic heterocycles. The summed E-state index contributed by atoms with van der Waals surface area (Å²) in [6.07, 6.45) is 0. The number of aryl methyl sites for hydroxylation is 1. The predicted octanol–water partition coefficient (Wildman–Crippen LogP) is 6.16. The molecule has 6 heteroatoms. The van der Waals surface area contributed by atoms with Gasteiger partial charge in [-0.15, -0.1) is 0 Å². The zero-order valence-corrected chi connectivity index (χ0v) is 20.6. The number of carbonyl (C=O) groups excluding carboxylic acids is 1. The molecule has 0 saturated heterocycles. The fraction of sp³-hybridized carbons (Fsp3) is 0.129. The molecule has 0 fully saturated rings. The molecular weight excluding hydrogens is 462 g/mol. The number of fused-ring (bicyclic) bond motifs is 1. The number of aromatic nitrogens is 3. The van der Waals surface area contributed by atoms with E-state index in [0.29, 0.717) is 34.5 Å². The van der Waals surface area contributed by atoms with Crippen LogP contribution in [0, 0.1) is 18.8 Å². The van der Waals surface area contributed by atoms with Crippen LogP contribution in [0.1, 0.15) is 39.8 Å². The van der Waals surface area contributed by atoms with Crippen LogP contribution in [0.4, 0.5) is 0 Å². The summed E-state index contributed by atoms with van der Waals surface area (Å²) < 4.78 is 13.0. The average molecular weight is 488 g/mol. The summed E-state index contributed by atoms with van der Waals surface area (Å²) >= 11 is 0. The van der Waals surface area contributed by atoms with E-state index in [2.05, 4.69) is 11.8 Å². The summed E-state index contributed by atoms with van der Waals surface area (Å²) in [5, 5.41) is 5.38. The maximum Gasteiger partial charge on any atom is 0.339 e. The molecule has 3 aromatic carbocycles. The molecule has 0 aliphatic carbocycles. The Kier molecular flexibility index (Phi) is 6.95. The second-order valence-corrected chi connectivity index (χ2v) is 8.39. The van der Waals surface area contributed by atoms with Crippen molar-refractivity contribution in [3.8, 4) is 23.3 Å². The van der Waals surface area contributed by atoms with Crippen molar-refractivity contribution < 1.29 is 14.3 Å². The highest BCUT2D eigenvalue weighted by Crippen LogP contribution is 2.25. The lowest BCUT2D eigenvalue weighted by Gasteiger charge is -2.08. The monoisotopic (exact) mass is 487 g/mol. The third-order valence-corrected chi connectivity index (χ3v) is 5.72. The summed E-state index contributed by atoms with van der Waals surface area (Å²) in [4.78, 5) is 17.6. The van der Waals surface area contributed by atoms with Crippen molar-refractivity contribution >= 4 is 17.0 Å². The van der Waals surface area contributed by atoms with Gasteiger partial charge in [0.15, 0.2) is 5.65 Å². The molecule has 0 spiro atoms. The Morgan fingerprint density at radius 1 is 0.892 bits per heavy atom. The molecule has 0 atom stereocenters. The summed E-state index contributed by atoms with van der Waals surface area (Å²) in [5.74, 6) is 7.33. The van der Waals surface area contributed by atoms with Crippen LogP contribution in [0.3, 0.4) is 0 Å². The zero-order chi connectivity index (χ0) is 25.6. The van der Waals surface area contributed by atoms with Crippen molar-refractivity contribution in [1.29, 1.82) is 0 Å². The second-order valence-electron chi connectivity index (χ2n) is 8.39. The number of pyridine rings is 1. The van der Waals surface area contributed by atoms with Gasteiger partial charge < -0.3 is 9.47 Å². The molecule has 182 valence electrons. The first-order valence-electron chi connectivity index (χ1n) is 12.0. The number of benzene rings is 3. The fourth-order valence-electron chi connectivity index (χ4n) is 4.02. The predicted molar refractivity (Wildman–Crippen MR) is 143 cm³/mol. The van der Waals surface area contributed by atoms with Gasteiger partial charge in [-0.2, -0.15) is 5.10 Å². The van der Waals surface area contributed by atoms with Crippen molar-refractivity contribution in [2.75, 3.05) is 6.61 Å². The van der Waals surface area contributed by atoms with Crippen molar-refractivity contribution in [1.82, 2.24) is 14.8 Å². The fourth-order valence-corrected chi connectivity index (χ4v) is 4.02. The number of rotatable bonds is 6. The number of ether oxygens (including phenoxy) is 2. The number of esters is 1. The van der Waals surface area contributed by atoms with Crippen LogP contribution in [0.15, 0.2) is 91.0 Å². The SMILES string of the molecule is CCOC(=O)c1cc(C#Cc2ccccc2)nc2c1c(C)nn2Cc1ccc(Oc2ccccc2)cc1. The first kappa shape index (κ1) is 23.8. The zero-order valence-electron chi connectivity index (χ0n) is 20.6. The molecule has 0 N–H and O–H groups in total. The van der Waals surface area contributed by atoms with Gasteiger partial charge in [-0.1, -0.05) is 54.5 Å². The van der Waals surface area contributed by atoms with Gasteiger partial charge in [-0.25, -0.2) is 14.5 Å². The van der Waals surface area contributed by atoms with Gasteiger partial charge in [-0.3, -0.25) is 0 Å². The van der Waals surface area contributed by atoms with Gasteiger partial charge in [0.25, 0.3) is 0 Å². The molecule has 0 aliphatic rings. The number of carbonyl (C=O) groups is 1. The van der Waals surface area contributed by atoms with Crippen LogP contribution in [0.25, 0.3) is 11.0 Å². The summed E-state index contributed by atoms with van der Waals surface area (Å²) in [6.45, 7) is 4.41. The van der Waals surface area contributed by atoms with Gasteiger partial charge in [0.1, 0.15) is 17.2 Å². The van der Waals surface area contributed by atoms with Crippen LogP contribution in [-0.4, -0.2) is 27.3 Å². The molecule has 0 saturated carbocycles. The van der Waals surface area contributed by atoms with Gasteiger partial charge in [-0.05, 0) is 67.8 Å². The molecule has 5 rings (SSSR count). The number of hydrogen-bond donors (Lipinski definition) is 0. The van der Waals surface area contributed by atoms with Crippen LogP contribution in [0.2, 0.25) is 0 Å². The van der Waals surface area contributed by atoms with Crippen molar-refractivity contribution in [2.45, 2.75) is 20.4 Å². The Labute approximate surface area is 215 Å². The molecule has 2 aromatic heterocycles. The number of para-hydroxylation sites is 1. The molecule has 5 aromatic rings. The van der Waals surface area contributed by atoms with E-state index < -0.39 is 5.97 Å². The molecule has 0 amide bonds. The van der Waals surface area contributed by atoms with Crippen molar-refractivity contribution in [3.05, 3.63) is 119 Å². The molecule has 0 unspecified atom stereocenters. The topological polar surface area (TPSA) is 66.2 Å². The highest BCUT2D eigenvalue weighted by atomic mass is 16.5. The summed E-state index contributed by atoms with van der Waals surface area (Å²) in [5.41, 5.74) is 4.07. The molecule has 0 bridgehead atoms. The normalized spacial score (nSPS) is 10.5. The Bertz CT molecular complexity index is 1600. The number of hydrogen-bond acceptors (Lipinski definition) is 5. The Hall–Kier alpha value is -4.89. The van der Waals surface area contributed by atoms with Gasteiger partial charge in [0.05, 0.1) is 29.8 Å². The van der Waals surface area contributed by atoms with E-state index in [1.807, 2.05) is 91.9 Å². The second kappa shape index (κ2) is 10.8. The molecule has 37 heavy (non-hydrogen) atoms. The van der Waals surface area contributed by atoms with Crippen LogP contribution in [0.5, 0.6) is 11.5 Å². The molecule has 6 nitrogen and oxygen atoms in total. The van der Waals surface area contributed by atoms with Crippen LogP contribution >= 0.6 is 0 Å². The molecular formula is C31H25N3O3. The smallest absolute Gasteiger partial charge is 0.339 e. The third-order valence-electron chi connectivity index (χ3n) is 5.72. The van der Waals surface area contributed by atoms with Crippen LogP contribution < -0.4 is 4.74 Å². The molecule has 0 radical (unpaired) electrons. The Morgan fingerprint density at radius 3 is 2.27 bits per heavy atom. The molecule has 2 heterocycles. The summed E-state index contributed by atoms with van der Waals surface area (Å²) in [6, 6.07) is 28.8. The minimum absolute atomic E-state index is 0.276. The van der Waals surface area contributed by atoms with Gasteiger partial charge >= 0.3 is 5.97 Å². The van der Waals surface area contributed by atoms with Crippen LogP contribution in [-0.2, 0) is 11.3 Å². The lowest BCUT2D eigenvalue weighted by molar-refractivity contribution is 0.0528. The minimum atomic E-state index is -0.414.